The van der Waals surface area contributed by atoms with Gasteiger partial charge in [-0.05, 0) is 53.2 Å². The Kier molecular flexibility index (Phi) is 3.12. The van der Waals surface area contributed by atoms with Crippen molar-refractivity contribution in [3.63, 3.8) is 0 Å². The SMILES string of the molecule is CNC(c1ccc(Cl)o1)c1cccc2ccsc12. The molecule has 1 aromatic carbocycles. The molecule has 0 radical (unpaired) electrons. The van der Waals surface area contributed by atoms with Gasteiger partial charge in [0.1, 0.15) is 5.76 Å². The van der Waals surface area contributed by atoms with Crippen molar-refractivity contribution in [3.8, 4) is 0 Å². The highest BCUT2D eigenvalue weighted by molar-refractivity contribution is 7.17. The Labute approximate surface area is 114 Å². The maximum atomic E-state index is 5.85. The molecule has 1 unspecified atom stereocenters. The van der Waals surface area contributed by atoms with Crippen LogP contribution in [-0.4, -0.2) is 7.05 Å². The van der Waals surface area contributed by atoms with Crippen molar-refractivity contribution in [3.05, 3.63) is 58.3 Å². The Hall–Kier alpha value is -1.29. The Balaban J connectivity index is 2.14. The molecule has 0 fully saturated rings. The predicted molar refractivity (Wildman–Crippen MR) is 76.4 cm³/mol. The van der Waals surface area contributed by atoms with E-state index in [9.17, 15) is 0 Å². The second-order valence-electron chi connectivity index (χ2n) is 4.05. The molecule has 0 amide bonds. The van der Waals surface area contributed by atoms with Gasteiger partial charge in [-0.2, -0.15) is 0 Å². The van der Waals surface area contributed by atoms with Crippen LogP contribution >= 0.6 is 22.9 Å². The highest BCUT2D eigenvalue weighted by Crippen LogP contribution is 2.33. The van der Waals surface area contributed by atoms with Crippen LogP contribution in [0.25, 0.3) is 10.1 Å². The van der Waals surface area contributed by atoms with Crippen LogP contribution in [0, 0.1) is 0 Å². The Bertz CT molecular complexity index is 673. The summed E-state index contributed by atoms with van der Waals surface area (Å²) in [5, 5.41) is 7.07. The fourth-order valence-corrected chi connectivity index (χ4v) is 3.27. The van der Waals surface area contributed by atoms with Gasteiger partial charge in [0.25, 0.3) is 0 Å². The summed E-state index contributed by atoms with van der Waals surface area (Å²) in [6.07, 6.45) is 0. The molecule has 3 aromatic rings. The molecule has 18 heavy (non-hydrogen) atoms. The quantitative estimate of drug-likeness (QED) is 0.765. The summed E-state index contributed by atoms with van der Waals surface area (Å²) in [6, 6.07) is 12.2. The van der Waals surface area contributed by atoms with E-state index in [2.05, 4.69) is 35.0 Å². The highest BCUT2D eigenvalue weighted by Gasteiger charge is 2.18. The first-order valence-corrected chi connectivity index (χ1v) is 6.94. The predicted octanol–water partition coefficient (Wildman–Crippen LogP) is 4.46. The van der Waals surface area contributed by atoms with E-state index in [0.717, 1.165) is 5.76 Å². The molecule has 2 heterocycles. The number of benzene rings is 1. The number of thiophene rings is 1. The standard InChI is InChI=1S/C14H12ClNOS/c1-16-13(11-5-6-12(15)17-11)10-4-2-3-9-7-8-18-14(9)10/h2-8,13,16H,1H3. The van der Waals surface area contributed by atoms with Crippen LogP contribution in [-0.2, 0) is 0 Å². The normalized spacial score (nSPS) is 13.0. The van der Waals surface area contributed by atoms with Crippen LogP contribution in [0.5, 0.6) is 0 Å². The van der Waals surface area contributed by atoms with Crippen LogP contribution in [0.2, 0.25) is 5.22 Å². The first-order valence-electron chi connectivity index (χ1n) is 5.68. The summed E-state index contributed by atoms with van der Waals surface area (Å²) < 4.78 is 6.81. The van der Waals surface area contributed by atoms with Gasteiger partial charge >= 0.3 is 0 Å². The van der Waals surface area contributed by atoms with Crippen molar-refractivity contribution >= 4 is 33.0 Å². The van der Waals surface area contributed by atoms with Crippen LogP contribution in [0.1, 0.15) is 17.4 Å². The second-order valence-corrected chi connectivity index (χ2v) is 5.34. The van der Waals surface area contributed by atoms with E-state index in [1.54, 1.807) is 17.4 Å². The number of rotatable bonds is 3. The van der Waals surface area contributed by atoms with E-state index in [1.165, 1.54) is 15.6 Å². The van der Waals surface area contributed by atoms with E-state index in [-0.39, 0.29) is 6.04 Å². The van der Waals surface area contributed by atoms with Crippen molar-refractivity contribution in [2.75, 3.05) is 7.05 Å². The van der Waals surface area contributed by atoms with Crippen LogP contribution < -0.4 is 5.32 Å². The van der Waals surface area contributed by atoms with E-state index >= 15 is 0 Å². The second kappa shape index (κ2) is 4.76. The van der Waals surface area contributed by atoms with Crippen molar-refractivity contribution in [2.24, 2.45) is 0 Å². The van der Waals surface area contributed by atoms with Crippen molar-refractivity contribution < 1.29 is 4.42 Å². The zero-order valence-electron chi connectivity index (χ0n) is 9.81. The Morgan fingerprint density at radius 2 is 2.11 bits per heavy atom. The third kappa shape index (κ3) is 1.94. The van der Waals surface area contributed by atoms with Gasteiger partial charge in [0.05, 0.1) is 6.04 Å². The van der Waals surface area contributed by atoms with E-state index < -0.39 is 0 Å². The zero-order chi connectivity index (χ0) is 12.5. The Morgan fingerprint density at radius 3 is 2.83 bits per heavy atom. The molecule has 0 bridgehead atoms. The van der Waals surface area contributed by atoms with Gasteiger partial charge in [-0.15, -0.1) is 11.3 Å². The van der Waals surface area contributed by atoms with Crippen molar-refractivity contribution in [1.82, 2.24) is 5.32 Å². The molecule has 0 saturated heterocycles. The lowest BCUT2D eigenvalue weighted by atomic mass is 10.0. The molecule has 1 atom stereocenters. The van der Waals surface area contributed by atoms with E-state index in [0.29, 0.717) is 5.22 Å². The first-order chi connectivity index (χ1) is 8.79. The molecular formula is C14H12ClNOS. The summed E-state index contributed by atoms with van der Waals surface area (Å²) >= 11 is 7.60. The smallest absolute Gasteiger partial charge is 0.193 e. The monoisotopic (exact) mass is 277 g/mol. The molecule has 2 aromatic heterocycles. The minimum atomic E-state index is 0.0276. The summed E-state index contributed by atoms with van der Waals surface area (Å²) in [4.78, 5) is 0. The molecule has 92 valence electrons. The topological polar surface area (TPSA) is 25.2 Å². The average molecular weight is 278 g/mol. The maximum Gasteiger partial charge on any atom is 0.193 e. The van der Waals surface area contributed by atoms with Gasteiger partial charge in [0.2, 0.25) is 0 Å². The van der Waals surface area contributed by atoms with Crippen LogP contribution in [0.3, 0.4) is 0 Å². The number of nitrogens with one attached hydrogen (secondary N) is 1. The summed E-state index contributed by atoms with van der Waals surface area (Å²) in [6.45, 7) is 0. The zero-order valence-corrected chi connectivity index (χ0v) is 11.4. The first kappa shape index (κ1) is 11.8. The van der Waals surface area contributed by atoms with Gasteiger partial charge in [-0.3, -0.25) is 0 Å². The van der Waals surface area contributed by atoms with Gasteiger partial charge in [-0.1, -0.05) is 18.2 Å². The minimum absolute atomic E-state index is 0.0276. The molecule has 0 aliphatic carbocycles. The molecule has 0 aliphatic rings. The molecule has 0 spiro atoms. The summed E-state index contributed by atoms with van der Waals surface area (Å²) in [5.74, 6) is 0.836. The van der Waals surface area contributed by atoms with Crippen LogP contribution in [0.4, 0.5) is 0 Å². The summed E-state index contributed by atoms with van der Waals surface area (Å²) in [7, 11) is 1.92. The molecule has 0 aliphatic heterocycles. The van der Waals surface area contributed by atoms with Gasteiger partial charge in [0, 0.05) is 4.70 Å². The third-order valence-electron chi connectivity index (χ3n) is 2.99. The molecule has 0 saturated carbocycles. The lowest BCUT2D eigenvalue weighted by molar-refractivity contribution is 0.466. The average Bonchev–Trinajstić information content (AvgIpc) is 2.99. The number of hydrogen-bond donors (Lipinski definition) is 1. The van der Waals surface area contributed by atoms with E-state index in [1.807, 2.05) is 13.1 Å². The maximum absolute atomic E-state index is 5.85. The number of fused-ring (bicyclic) bond motifs is 1. The highest BCUT2D eigenvalue weighted by atomic mass is 35.5. The van der Waals surface area contributed by atoms with Crippen molar-refractivity contribution in [1.29, 1.82) is 0 Å². The largest absolute Gasteiger partial charge is 0.448 e. The molecule has 4 heteroatoms. The van der Waals surface area contributed by atoms with E-state index in [4.69, 9.17) is 16.0 Å². The van der Waals surface area contributed by atoms with Gasteiger partial charge in [0.15, 0.2) is 5.22 Å². The van der Waals surface area contributed by atoms with Crippen molar-refractivity contribution in [2.45, 2.75) is 6.04 Å². The number of hydrogen-bond acceptors (Lipinski definition) is 3. The number of furan rings is 1. The van der Waals surface area contributed by atoms with Crippen LogP contribution in [0.15, 0.2) is 46.2 Å². The molecule has 2 nitrogen and oxygen atoms in total. The number of halogens is 1. The molecule has 1 N–H and O–H groups in total. The lowest BCUT2D eigenvalue weighted by Crippen LogP contribution is -2.16. The minimum Gasteiger partial charge on any atom is -0.448 e. The fourth-order valence-electron chi connectivity index (χ4n) is 2.18. The fraction of sp³-hybridized carbons (Fsp3) is 0.143. The Morgan fingerprint density at radius 1 is 1.22 bits per heavy atom. The lowest BCUT2D eigenvalue weighted by Gasteiger charge is -2.15. The van der Waals surface area contributed by atoms with Gasteiger partial charge in [-0.25, -0.2) is 0 Å². The molecule has 3 rings (SSSR count). The third-order valence-corrected chi connectivity index (χ3v) is 4.17. The molecular weight excluding hydrogens is 266 g/mol. The summed E-state index contributed by atoms with van der Waals surface area (Å²) in [5.41, 5.74) is 1.22. The van der Waals surface area contributed by atoms with Gasteiger partial charge < -0.3 is 9.73 Å².